The Hall–Kier alpha value is -0.950. The third kappa shape index (κ3) is 4.38. The third-order valence-electron chi connectivity index (χ3n) is 2.63. The zero-order chi connectivity index (χ0) is 13.6. The first kappa shape index (κ1) is 15.1. The van der Waals surface area contributed by atoms with Crippen molar-refractivity contribution in [2.75, 3.05) is 20.2 Å². The normalized spacial score (nSPS) is 13.5. The average molecular weight is 272 g/mol. The standard InChI is InChI=1S/C12H20N2O3S/c1-10(17-2)9-14-18(15,16)12-5-3-11(4-6-12)7-8-13/h3-6,10,14H,7-9,13H2,1-2H3. The second-order valence-corrected chi connectivity index (χ2v) is 5.85. The molecule has 0 aromatic heterocycles. The highest BCUT2D eigenvalue weighted by molar-refractivity contribution is 7.89. The van der Waals surface area contributed by atoms with Crippen LogP contribution in [-0.2, 0) is 21.2 Å². The molecule has 0 radical (unpaired) electrons. The number of nitrogens with one attached hydrogen (secondary N) is 1. The van der Waals surface area contributed by atoms with Crippen molar-refractivity contribution in [1.29, 1.82) is 0 Å². The molecule has 0 saturated heterocycles. The summed E-state index contributed by atoms with van der Waals surface area (Å²) in [5.74, 6) is 0. The predicted octanol–water partition coefficient (Wildman–Crippen LogP) is 0.501. The van der Waals surface area contributed by atoms with Gasteiger partial charge in [-0.3, -0.25) is 0 Å². The van der Waals surface area contributed by atoms with Crippen molar-refractivity contribution >= 4 is 10.0 Å². The van der Waals surface area contributed by atoms with E-state index in [1.165, 1.54) is 0 Å². The van der Waals surface area contributed by atoms with Gasteiger partial charge in [0.25, 0.3) is 0 Å². The van der Waals surface area contributed by atoms with Crippen LogP contribution in [0.25, 0.3) is 0 Å². The van der Waals surface area contributed by atoms with E-state index in [0.717, 1.165) is 12.0 Å². The summed E-state index contributed by atoms with van der Waals surface area (Å²) in [5.41, 5.74) is 6.47. The van der Waals surface area contributed by atoms with Crippen LogP contribution in [0.15, 0.2) is 29.2 Å². The largest absolute Gasteiger partial charge is 0.380 e. The van der Waals surface area contributed by atoms with Gasteiger partial charge in [0.2, 0.25) is 10.0 Å². The number of sulfonamides is 1. The molecule has 1 aromatic rings. The van der Waals surface area contributed by atoms with Crippen LogP contribution in [0.4, 0.5) is 0 Å². The summed E-state index contributed by atoms with van der Waals surface area (Å²) < 4.78 is 31.4. The Morgan fingerprint density at radius 2 is 1.94 bits per heavy atom. The van der Waals surface area contributed by atoms with E-state index in [2.05, 4.69) is 4.72 Å². The molecule has 1 rings (SSSR count). The van der Waals surface area contributed by atoms with Crippen molar-refractivity contribution in [2.45, 2.75) is 24.3 Å². The quantitative estimate of drug-likeness (QED) is 0.757. The van der Waals surface area contributed by atoms with Gasteiger partial charge in [-0.1, -0.05) is 12.1 Å². The molecule has 18 heavy (non-hydrogen) atoms. The number of methoxy groups -OCH3 is 1. The lowest BCUT2D eigenvalue weighted by Crippen LogP contribution is -2.31. The number of benzene rings is 1. The lowest BCUT2D eigenvalue weighted by molar-refractivity contribution is 0.122. The lowest BCUT2D eigenvalue weighted by Gasteiger charge is -2.11. The Balaban J connectivity index is 2.72. The van der Waals surface area contributed by atoms with E-state index in [-0.39, 0.29) is 17.5 Å². The topological polar surface area (TPSA) is 81.4 Å². The van der Waals surface area contributed by atoms with Gasteiger partial charge < -0.3 is 10.5 Å². The highest BCUT2D eigenvalue weighted by Gasteiger charge is 2.14. The fraction of sp³-hybridized carbons (Fsp3) is 0.500. The van der Waals surface area contributed by atoms with Crippen LogP contribution < -0.4 is 10.5 Å². The van der Waals surface area contributed by atoms with E-state index in [0.29, 0.717) is 6.54 Å². The van der Waals surface area contributed by atoms with E-state index in [1.807, 2.05) is 0 Å². The first-order valence-corrected chi connectivity index (χ1v) is 7.29. The summed E-state index contributed by atoms with van der Waals surface area (Å²) in [6.45, 7) is 2.60. The van der Waals surface area contributed by atoms with Gasteiger partial charge in [0.05, 0.1) is 11.0 Å². The molecule has 0 spiro atoms. The van der Waals surface area contributed by atoms with E-state index in [9.17, 15) is 8.42 Å². The van der Waals surface area contributed by atoms with Crippen LogP contribution in [0, 0.1) is 0 Å². The first-order valence-electron chi connectivity index (χ1n) is 5.81. The molecule has 0 heterocycles. The Bertz CT molecular complexity index is 457. The summed E-state index contributed by atoms with van der Waals surface area (Å²) in [7, 11) is -1.92. The van der Waals surface area contributed by atoms with Gasteiger partial charge in [-0.2, -0.15) is 0 Å². The molecule has 1 unspecified atom stereocenters. The van der Waals surface area contributed by atoms with Crippen LogP contribution in [0.1, 0.15) is 12.5 Å². The number of hydrogen-bond donors (Lipinski definition) is 2. The Morgan fingerprint density at radius 3 is 2.44 bits per heavy atom. The van der Waals surface area contributed by atoms with Gasteiger partial charge >= 0.3 is 0 Å². The smallest absolute Gasteiger partial charge is 0.240 e. The predicted molar refractivity (Wildman–Crippen MR) is 70.9 cm³/mol. The van der Waals surface area contributed by atoms with Crippen LogP contribution in [0.3, 0.4) is 0 Å². The van der Waals surface area contributed by atoms with E-state index < -0.39 is 10.0 Å². The first-order chi connectivity index (χ1) is 8.49. The fourth-order valence-corrected chi connectivity index (χ4v) is 2.51. The monoisotopic (exact) mass is 272 g/mol. The zero-order valence-electron chi connectivity index (χ0n) is 10.7. The molecule has 0 aliphatic carbocycles. The van der Waals surface area contributed by atoms with Crippen molar-refractivity contribution in [3.8, 4) is 0 Å². The minimum atomic E-state index is -3.46. The van der Waals surface area contributed by atoms with Gasteiger partial charge in [-0.25, -0.2) is 13.1 Å². The summed E-state index contributed by atoms with van der Waals surface area (Å²) in [5, 5.41) is 0. The molecule has 0 aliphatic rings. The van der Waals surface area contributed by atoms with Crippen molar-refractivity contribution < 1.29 is 13.2 Å². The van der Waals surface area contributed by atoms with Crippen LogP contribution >= 0.6 is 0 Å². The van der Waals surface area contributed by atoms with E-state index in [4.69, 9.17) is 10.5 Å². The molecule has 1 aromatic carbocycles. The molecular formula is C12H20N2O3S. The minimum Gasteiger partial charge on any atom is -0.380 e. The molecule has 0 fully saturated rings. The molecule has 3 N–H and O–H groups in total. The average Bonchev–Trinajstić information content (AvgIpc) is 2.37. The maximum absolute atomic E-state index is 11.9. The second-order valence-electron chi connectivity index (χ2n) is 4.08. The summed E-state index contributed by atoms with van der Waals surface area (Å²) in [6.07, 6.45) is 0.588. The van der Waals surface area contributed by atoms with Gasteiger partial charge in [-0.15, -0.1) is 0 Å². The molecule has 0 aliphatic heterocycles. The Labute approximate surface area is 108 Å². The van der Waals surface area contributed by atoms with Crippen molar-refractivity contribution in [1.82, 2.24) is 4.72 Å². The maximum Gasteiger partial charge on any atom is 0.240 e. The minimum absolute atomic E-state index is 0.156. The summed E-state index contributed by atoms with van der Waals surface area (Å²) in [6, 6.07) is 6.73. The van der Waals surface area contributed by atoms with Gasteiger partial charge in [0, 0.05) is 13.7 Å². The maximum atomic E-state index is 11.9. The molecule has 6 heteroatoms. The molecule has 0 bridgehead atoms. The number of rotatable bonds is 7. The highest BCUT2D eigenvalue weighted by Crippen LogP contribution is 2.10. The molecule has 1 atom stereocenters. The van der Waals surface area contributed by atoms with Gasteiger partial charge in [0.1, 0.15) is 0 Å². The number of ether oxygens (including phenoxy) is 1. The third-order valence-corrected chi connectivity index (χ3v) is 4.07. The highest BCUT2D eigenvalue weighted by atomic mass is 32.2. The number of nitrogens with two attached hydrogens (primary N) is 1. The van der Waals surface area contributed by atoms with Crippen LogP contribution in [-0.4, -0.2) is 34.7 Å². The molecule has 0 saturated carbocycles. The molecule has 102 valence electrons. The number of hydrogen-bond acceptors (Lipinski definition) is 4. The Kier molecular flexibility index (Phi) is 5.74. The van der Waals surface area contributed by atoms with E-state index in [1.54, 1.807) is 38.3 Å². The van der Waals surface area contributed by atoms with Gasteiger partial charge in [-0.05, 0) is 37.6 Å². The molecule has 5 nitrogen and oxygen atoms in total. The van der Waals surface area contributed by atoms with E-state index >= 15 is 0 Å². The van der Waals surface area contributed by atoms with Crippen LogP contribution in [0.5, 0.6) is 0 Å². The second kappa shape index (κ2) is 6.84. The van der Waals surface area contributed by atoms with Crippen molar-refractivity contribution in [2.24, 2.45) is 5.73 Å². The van der Waals surface area contributed by atoms with Crippen LogP contribution in [0.2, 0.25) is 0 Å². The zero-order valence-corrected chi connectivity index (χ0v) is 11.5. The van der Waals surface area contributed by atoms with Crippen molar-refractivity contribution in [3.05, 3.63) is 29.8 Å². The van der Waals surface area contributed by atoms with Crippen molar-refractivity contribution in [3.63, 3.8) is 0 Å². The summed E-state index contributed by atoms with van der Waals surface area (Å²) >= 11 is 0. The van der Waals surface area contributed by atoms with Gasteiger partial charge in [0.15, 0.2) is 0 Å². The Morgan fingerprint density at radius 1 is 1.33 bits per heavy atom. The summed E-state index contributed by atoms with van der Waals surface area (Å²) in [4.78, 5) is 0.256. The SMILES string of the molecule is COC(C)CNS(=O)(=O)c1ccc(CCN)cc1. The molecule has 0 amide bonds. The molecular weight excluding hydrogens is 252 g/mol. The fourth-order valence-electron chi connectivity index (χ4n) is 1.40. The lowest BCUT2D eigenvalue weighted by atomic mass is 10.2.